The smallest absolute Gasteiger partial charge is 0.271 e. The molecule has 5 unspecified atom stereocenters. The first kappa shape index (κ1) is 25.0. The van der Waals surface area contributed by atoms with Gasteiger partial charge >= 0.3 is 0 Å². The Morgan fingerprint density at radius 2 is 2.11 bits per heavy atom. The van der Waals surface area contributed by atoms with Gasteiger partial charge < -0.3 is 25.3 Å². The molecule has 2 saturated heterocycles. The minimum atomic E-state index is -0.756. The van der Waals surface area contributed by atoms with Crippen LogP contribution in [0.4, 0.5) is 0 Å². The lowest BCUT2D eigenvalue weighted by atomic mass is 9.88. The zero-order valence-electron chi connectivity index (χ0n) is 21.3. The van der Waals surface area contributed by atoms with E-state index in [-0.39, 0.29) is 54.1 Å². The summed E-state index contributed by atoms with van der Waals surface area (Å²) < 4.78 is 5.43. The zero-order chi connectivity index (χ0) is 26.1. The fourth-order valence-corrected chi connectivity index (χ4v) is 6.10. The molecule has 196 valence electrons. The number of hydrogen-bond donors (Lipinski definition) is 3. The van der Waals surface area contributed by atoms with Crippen molar-refractivity contribution in [2.75, 3.05) is 20.2 Å². The maximum atomic E-state index is 13.7. The summed E-state index contributed by atoms with van der Waals surface area (Å²) in [5.41, 5.74) is 1.17. The fraction of sp³-hybridized carbons (Fsp3) is 0.500. The predicted molar refractivity (Wildman–Crippen MR) is 138 cm³/mol. The molecule has 1 aliphatic carbocycles. The molecule has 9 nitrogen and oxygen atoms in total. The lowest BCUT2D eigenvalue weighted by Crippen LogP contribution is -2.53. The van der Waals surface area contributed by atoms with Crippen LogP contribution in [0.2, 0.25) is 0 Å². The Balaban J connectivity index is 1.39. The Hall–Kier alpha value is -3.62. The van der Waals surface area contributed by atoms with Crippen LogP contribution in [0.3, 0.4) is 0 Å². The first-order chi connectivity index (χ1) is 17.9. The number of ether oxygens (including phenoxy) is 1. The maximum absolute atomic E-state index is 13.7. The minimum absolute atomic E-state index is 0.0433. The second-order valence-corrected chi connectivity index (χ2v) is 10.2. The number of Topliss-reactive ketones (excluding diaryl/α,β-unsaturated/α-hetero) is 1. The number of nitrogens with one attached hydrogen (secondary N) is 3. The number of fused-ring (bicyclic) bond motifs is 2. The molecule has 0 bridgehead atoms. The summed E-state index contributed by atoms with van der Waals surface area (Å²) in [6.07, 6.45) is 6.93. The van der Waals surface area contributed by atoms with E-state index >= 15 is 0 Å². The molecule has 37 heavy (non-hydrogen) atoms. The SMILES string of the molecule is CCC(=O)C(CC1CCCNC1=O)NC(=O)C1C2CC=CC2CN1C(=O)c1cc2c(OC)cccc2[nH]1. The summed E-state index contributed by atoms with van der Waals surface area (Å²) in [4.78, 5) is 57.4. The Bertz CT molecular complexity index is 1250. The normalized spacial score (nSPS) is 25.6. The summed E-state index contributed by atoms with van der Waals surface area (Å²) in [6.45, 7) is 2.83. The molecule has 3 N–H and O–H groups in total. The van der Waals surface area contributed by atoms with Gasteiger partial charge in [0.2, 0.25) is 11.8 Å². The van der Waals surface area contributed by atoms with Crippen LogP contribution in [-0.4, -0.2) is 65.7 Å². The lowest BCUT2D eigenvalue weighted by Gasteiger charge is -2.30. The molecule has 2 fully saturated rings. The Morgan fingerprint density at radius 3 is 2.86 bits per heavy atom. The molecule has 1 aromatic heterocycles. The van der Waals surface area contributed by atoms with Crippen molar-refractivity contribution in [3.8, 4) is 5.75 Å². The van der Waals surface area contributed by atoms with Crippen molar-refractivity contribution in [1.29, 1.82) is 0 Å². The zero-order valence-corrected chi connectivity index (χ0v) is 21.3. The topological polar surface area (TPSA) is 121 Å². The van der Waals surface area contributed by atoms with Crippen molar-refractivity contribution >= 4 is 34.4 Å². The van der Waals surface area contributed by atoms with E-state index in [1.807, 2.05) is 18.2 Å². The highest BCUT2D eigenvalue weighted by atomic mass is 16.5. The van der Waals surface area contributed by atoms with E-state index in [0.29, 0.717) is 37.4 Å². The molecule has 0 spiro atoms. The van der Waals surface area contributed by atoms with Gasteiger partial charge in [0.05, 0.1) is 13.2 Å². The van der Waals surface area contributed by atoms with Gasteiger partial charge in [0.1, 0.15) is 17.5 Å². The number of benzene rings is 1. The fourth-order valence-electron chi connectivity index (χ4n) is 6.10. The summed E-state index contributed by atoms with van der Waals surface area (Å²) in [6, 6.07) is 5.87. The summed E-state index contributed by atoms with van der Waals surface area (Å²) in [5.74, 6) is -0.365. The number of piperidine rings is 1. The van der Waals surface area contributed by atoms with Gasteiger partial charge in [0.15, 0.2) is 5.78 Å². The van der Waals surface area contributed by atoms with Gasteiger partial charge in [0, 0.05) is 42.2 Å². The number of hydrogen-bond acceptors (Lipinski definition) is 5. The number of carbonyl (C=O) groups excluding carboxylic acids is 4. The first-order valence-corrected chi connectivity index (χ1v) is 13.2. The van der Waals surface area contributed by atoms with E-state index in [4.69, 9.17) is 4.74 Å². The molecule has 3 amide bonds. The maximum Gasteiger partial charge on any atom is 0.271 e. The van der Waals surface area contributed by atoms with Crippen LogP contribution in [0.5, 0.6) is 5.75 Å². The molecule has 1 aromatic carbocycles. The Morgan fingerprint density at radius 1 is 1.27 bits per heavy atom. The summed E-state index contributed by atoms with van der Waals surface area (Å²) >= 11 is 0. The van der Waals surface area contributed by atoms with Crippen molar-refractivity contribution in [3.05, 3.63) is 42.1 Å². The summed E-state index contributed by atoms with van der Waals surface area (Å²) in [7, 11) is 1.59. The number of methoxy groups -OCH3 is 1. The van der Waals surface area contributed by atoms with E-state index in [0.717, 1.165) is 17.3 Å². The van der Waals surface area contributed by atoms with Crippen molar-refractivity contribution in [2.24, 2.45) is 17.8 Å². The van der Waals surface area contributed by atoms with Crippen molar-refractivity contribution in [2.45, 2.75) is 51.1 Å². The second-order valence-electron chi connectivity index (χ2n) is 10.2. The molecule has 5 atom stereocenters. The molecule has 3 heterocycles. The van der Waals surface area contributed by atoms with Crippen LogP contribution in [0.1, 0.15) is 49.5 Å². The molecule has 3 aliphatic rings. The minimum Gasteiger partial charge on any atom is -0.496 e. The quantitative estimate of drug-likeness (QED) is 0.476. The second kappa shape index (κ2) is 10.4. The van der Waals surface area contributed by atoms with Gasteiger partial charge in [-0.15, -0.1) is 0 Å². The van der Waals surface area contributed by atoms with E-state index < -0.39 is 12.1 Å². The number of carbonyl (C=O) groups is 4. The van der Waals surface area contributed by atoms with E-state index in [1.165, 1.54) is 0 Å². The van der Waals surface area contributed by atoms with Crippen LogP contribution in [0.25, 0.3) is 10.9 Å². The van der Waals surface area contributed by atoms with Crippen molar-refractivity contribution in [3.63, 3.8) is 0 Å². The third-order valence-corrected chi connectivity index (χ3v) is 8.07. The van der Waals surface area contributed by atoms with Crippen LogP contribution < -0.4 is 15.4 Å². The number of likely N-dealkylation sites (tertiary alicyclic amines) is 1. The standard InChI is InChI=1S/C28H34N4O5/c1-3-23(33)21(13-16-8-6-12-29-26(16)34)31-27(35)25-18-9-4-7-17(18)15-32(25)28(36)22-14-19-20(30-22)10-5-11-24(19)37-2/h4-5,7,10-11,14,16-18,21,25,30H,3,6,8-9,12-13,15H2,1-2H3,(H,29,34)(H,31,35). The van der Waals surface area contributed by atoms with Crippen LogP contribution in [0, 0.1) is 17.8 Å². The number of ketones is 1. The highest BCUT2D eigenvalue weighted by molar-refractivity contribution is 6.02. The van der Waals surface area contributed by atoms with Crippen LogP contribution >= 0.6 is 0 Å². The number of aromatic amines is 1. The van der Waals surface area contributed by atoms with Crippen molar-refractivity contribution < 1.29 is 23.9 Å². The number of amides is 3. The molecule has 9 heteroatoms. The van der Waals surface area contributed by atoms with Gasteiger partial charge in [-0.25, -0.2) is 0 Å². The highest BCUT2D eigenvalue weighted by Crippen LogP contribution is 2.39. The molecular weight excluding hydrogens is 472 g/mol. The third kappa shape index (κ3) is 4.74. The van der Waals surface area contributed by atoms with Gasteiger partial charge in [-0.1, -0.05) is 25.1 Å². The van der Waals surface area contributed by atoms with E-state index in [2.05, 4.69) is 27.8 Å². The first-order valence-electron chi connectivity index (χ1n) is 13.2. The van der Waals surface area contributed by atoms with E-state index in [9.17, 15) is 19.2 Å². The summed E-state index contributed by atoms with van der Waals surface area (Å²) in [5, 5.41) is 6.61. The number of aromatic nitrogens is 1. The van der Waals surface area contributed by atoms with Gasteiger partial charge in [-0.3, -0.25) is 19.2 Å². The molecule has 0 saturated carbocycles. The monoisotopic (exact) mass is 506 g/mol. The van der Waals surface area contributed by atoms with E-state index in [1.54, 1.807) is 25.0 Å². The predicted octanol–water partition coefficient (Wildman–Crippen LogP) is 2.57. The molecule has 0 radical (unpaired) electrons. The number of rotatable bonds is 8. The lowest BCUT2D eigenvalue weighted by molar-refractivity contribution is -0.133. The van der Waals surface area contributed by atoms with Gasteiger partial charge in [-0.2, -0.15) is 0 Å². The van der Waals surface area contributed by atoms with Gasteiger partial charge in [0.25, 0.3) is 5.91 Å². The number of nitrogens with zero attached hydrogens (tertiary/aromatic N) is 1. The average Bonchev–Trinajstić information content (AvgIpc) is 3.62. The van der Waals surface area contributed by atoms with Crippen molar-refractivity contribution in [1.82, 2.24) is 20.5 Å². The molecule has 2 aliphatic heterocycles. The number of allylic oxidation sites excluding steroid dienone is 1. The Kier molecular flexibility index (Phi) is 7.04. The highest BCUT2D eigenvalue weighted by Gasteiger charge is 2.48. The molecule has 2 aromatic rings. The largest absolute Gasteiger partial charge is 0.496 e. The molecular formula is C28H34N4O5. The van der Waals surface area contributed by atoms with Crippen LogP contribution in [-0.2, 0) is 14.4 Å². The van der Waals surface area contributed by atoms with Gasteiger partial charge in [-0.05, 0) is 49.8 Å². The third-order valence-electron chi connectivity index (χ3n) is 8.07. The Labute approximate surface area is 216 Å². The van der Waals surface area contributed by atoms with Crippen LogP contribution in [0.15, 0.2) is 36.4 Å². The molecule has 5 rings (SSSR count). The number of H-pyrrole nitrogens is 1. The average molecular weight is 507 g/mol.